The number of carbonyl (C=O) groups excluding carboxylic acids is 3. The van der Waals surface area contributed by atoms with Crippen LogP contribution in [-0.4, -0.2) is 32.1 Å². The van der Waals surface area contributed by atoms with E-state index < -0.39 is 17.8 Å². The minimum atomic E-state index is -0.844. The molecule has 0 aromatic heterocycles. The number of nitrogens with zero attached hydrogens (tertiary/aromatic N) is 1. The molecule has 0 radical (unpaired) electrons. The number of carbonyl (C=O) groups is 3. The molecule has 0 bridgehead atoms. The average Bonchev–Trinajstić information content (AvgIpc) is 2.87. The smallest absolute Gasteiger partial charge is 0.335 e. The largest absolute Gasteiger partial charge is 0.497 e. The first-order chi connectivity index (χ1) is 17.3. The number of hydrogen-bond acceptors (Lipinski definition) is 6. The van der Waals surface area contributed by atoms with Gasteiger partial charge in [0.25, 0.3) is 11.8 Å². The van der Waals surface area contributed by atoms with Gasteiger partial charge in [-0.25, -0.2) is 14.1 Å². The second kappa shape index (κ2) is 10.8. The summed E-state index contributed by atoms with van der Waals surface area (Å²) < 4.78 is 30.3. The summed E-state index contributed by atoms with van der Waals surface area (Å²) in [6.07, 6.45) is 1.38. The van der Waals surface area contributed by atoms with Gasteiger partial charge < -0.3 is 14.2 Å². The Bertz CT molecular complexity index is 1360. The number of barbiturate groups is 1. The molecule has 36 heavy (non-hydrogen) atoms. The highest BCUT2D eigenvalue weighted by Crippen LogP contribution is 2.35. The van der Waals surface area contributed by atoms with Crippen molar-refractivity contribution in [2.75, 3.05) is 19.1 Å². The fraction of sp³-hybridized carbons (Fsp3) is 0.115. The van der Waals surface area contributed by atoms with Crippen molar-refractivity contribution in [1.82, 2.24) is 5.32 Å². The molecule has 0 spiro atoms. The van der Waals surface area contributed by atoms with Crippen LogP contribution in [0.1, 0.15) is 11.1 Å². The maximum Gasteiger partial charge on any atom is 0.335 e. The lowest BCUT2D eigenvalue weighted by atomic mass is 10.1. The SMILES string of the molecule is COc1ccc(N2C(=O)NC(=O)/C(=C\c3cc(I)c(OCc4ccc(F)cc4)c(OC)c3)C2=O)cc1. The Morgan fingerprint density at radius 2 is 1.67 bits per heavy atom. The maximum absolute atomic E-state index is 13.2. The molecule has 0 unspecified atom stereocenters. The standard InChI is InChI=1S/C26H20FIN2O6/c1-34-19-9-7-18(8-10-19)30-25(32)20(24(31)29-26(30)33)11-16-12-21(28)23(22(13-16)35-2)36-14-15-3-5-17(27)6-4-15/h3-13H,14H2,1-2H3,(H,29,31,33)/b20-11+. The average molecular weight is 602 g/mol. The Balaban J connectivity index is 1.62. The maximum atomic E-state index is 13.2. The summed E-state index contributed by atoms with van der Waals surface area (Å²) in [5.41, 5.74) is 1.33. The predicted molar refractivity (Wildman–Crippen MR) is 138 cm³/mol. The number of anilines is 1. The van der Waals surface area contributed by atoms with Gasteiger partial charge in [0.15, 0.2) is 11.5 Å². The number of methoxy groups -OCH3 is 2. The van der Waals surface area contributed by atoms with E-state index in [1.165, 1.54) is 32.4 Å². The van der Waals surface area contributed by atoms with Gasteiger partial charge in [-0.05, 0) is 88.3 Å². The van der Waals surface area contributed by atoms with Gasteiger partial charge in [0.1, 0.15) is 23.7 Å². The molecule has 1 aliphatic rings. The summed E-state index contributed by atoms with van der Waals surface area (Å²) in [6.45, 7) is 0.187. The molecule has 1 aliphatic heterocycles. The lowest BCUT2D eigenvalue weighted by molar-refractivity contribution is -0.122. The van der Waals surface area contributed by atoms with Crippen molar-refractivity contribution in [1.29, 1.82) is 0 Å². The van der Waals surface area contributed by atoms with Crippen molar-refractivity contribution in [2.24, 2.45) is 0 Å². The van der Waals surface area contributed by atoms with Crippen LogP contribution in [-0.2, 0) is 16.2 Å². The molecule has 1 N–H and O–H groups in total. The molecule has 184 valence electrons. The Morgan fingerprint density at radius 1 is 0.972 bits per heavy atom. The highest BCUT2D eigenvalue weighted by Gasteiger charge is 2.36. The summed E-state index contributed by atoms with van der Waals surface area (Å²) in [6, 6.07) is 14.7. The van der Waals surface area contributed by atoms with Gasteiger partial charge in [-0.3, -0.25) is 14.9 Å². The van der Waals surface area contributed by atoms with Crippen molar-refractivity contribution in [3.8, 4) is 17.2 Å². The first-order valence-corrected chi connectivity index (χ1v) is 11.7. The number of hydrogen-bond donors (Lipinski definition) is 1. The van der Waals surface area contributed by atoms with E-state index in [4.69, 9.17) is 14.2 Å². The van der Waals surface area contributed by atoms with Crippen molar-refractivity contribution in [3.05, 3.63) is 86.8 Å². The van der Waals surface area contributed by atoms with Crippen LogP contribution < -0.4 is 24.4 Å². The van der Waals surface area contributed by atoms with Crippen LogP contribution in [0.25, 0.3) is 6.08 Å². The van der Waals surface area contributed by atoms with Crippen molar-refractivity contribution >= 4 is 52.2 Å². The van der Waals surface area contributed by atoms with Crippen LogP contribution in [0.4, 0.5) is 14.9 Å². The number of benzene rings is 3. The topological polar surface area (TPSA) is 94.2 Å². The van der Waals surface area contributed by atoms with Crippen LogP contribution in [0.2, 0.25) is 0 Å². The molecule has 0 atom stereocenters. The minimum absolute atomic E-state index is 0.187. The van der Waals surface area contributed by atoms with E-state index >= 15 is 0 Å². The quantitative estimate of drug-likeness (QED) is 0.240. The predicted octanol–water partition coefficient (Wildman–Crippen LogP) is 4.69. The molecule has 1 saturated heterocycles. The third kappa shape index (κ3) is 5.33. The molecule has 1 fully saturated rings. The summed E-state index contributed by atoms with van der Waals surface area (Å²) >= 11 is 2.05. The number of imide groups is 2. The molecule has 8 nitrogen and oxygen atoms in total. The van der Waals surface area contributed by atoms with Crippen LogP contribution >= 0.6 is 22.6 Å². The highest BCUT2D eigenvalue weighted by molar-refractivity contribution is 14.1. The lowest BCUT2D eigenvalue weighted by Crippen LogP contribution is -2.54. The van der Waals surface area contributed by atoms with Gasteiger partial charge in [-0.15, -0.1) is 0 Å². The third-order valence-electron chi connectivity index (χ3n) is 5.29. The molecule has 4 amide bonds. The minimum Gasteiger partial charge on any atom is -0.497 e. The van der Waals surface area contributed by atoms with Crippen LogP contribution in [0.3, 0.4) is 0 Å². The van der Waals surface area contributed by atoms with Gasteiger partial charge in [0.05, 0.1) is 23.5 Å². The van der Waals surface area contributed by atoms with Gasteiger partial charge in [-0.2, -0.15) is 0 Å². The molecule has 10 heteroatoms. The van der Waals surface area contributed by atoms with E-state index in [9.17, 15) is 18.8 Å². The number of amides is 4. The van der Waals surface area contributed by atoms with Crippen LogP contribution in [0.5, 0.6) is 17.2 Å². The van der Waals surface area contributed by atoms with Gasteiger partial charge in [-0.1, -0.05) is 12.1 Å². The van der Waals surface area contributed by atoms with E-state index in [0.717, 1.165) is 10.5 Å². The molecule has 0 aliphatic carbocycles. The van der Waals surface area contributed by atoms with Crippen LogP contribution in [0.15, 0.2) is 66.2 Å². The second-order valence-electron chi connectivity index (χ2n) is 7.61. The van der Waals surface area contributed by atoms with Crippen LogP contribution in [0, 0.1) is 9.39 Å². The Kier molecular flexibility index (Phi) is 7.53. The molecular formula is C26H20FIN2O6. The zero-order chi connectivity index (χ0) is 25.8. The molecule has 1 heterocycles. The summed E-state index contributed by atoms with van der Waals surface area (Å²) in [5.74, 6) is -0.516. The fourth-order valence-corrected chi connectivity index (χ4v) is 4.27. The van der Waals surface area contributed by atoms with Crippen molar-refractivity contribution in [2.45, 2.75) is 6.61 Å². The van der Waals surface area contributed by atoms with Gasteiger partial charge >= 0.3 is 6.03 Å². The molecule has 3 aromatic rings. The number of ether oxygens (including phenoxy) is 3. The van der Waals surface area contributed by atoms with E-state index in [1.54, 1.807) is 48.5 Å². The third-order valence-corrected chi connectivity index (χ3v) is 6.09. The zero-order valence-corrected chi connectivity index (χ0v) is 21.4. The zero-order valence-electron chi connectivity index (χ0n) is 19.2. The summed E-state index contributed by atoms with van der Waals surface area (Å²) in [4.78, 5) is 39.0. The lowest BCUT2D eigenvalue weighted by Gasteiger charge is -2.26. The first-order valence-electron chi connectivity index (χ1n) is 10.6. The summed E-state index contributed by atoms with van der Waals surface area (Å²) in [5, 5.41) is 2.20. The van der Waals surface area contributed by atoms with Crippen molar-refractivity contribution < 1.29 is 33.0 Å². The number of halogens is 2. The number of urea groups is 1. The summed E-state index contributed by atoms with van der Waals surface area (Å²) in [7, 11) is 2.97. The molecule has 0 saturated carbocycles. The van der Waals surface area contributed by atoms with E-state index in [-0.39, 0.29) is 23.7 Å². The number of rotatable bonds is 7. The Hall–Kier alpha value is -3.93. The number of nitrogens with one attached hydrogen (secondary N) is 1. The molecule has 3 aromatic carbocycles. The highest BCUT2D eigenvalue weighted by atomic mass is 127. The Labute approximate surface area is 219 Å². The monoisotopic (exact) mass is 602 g/mol. The second-order valence-corrected chi connectivity index (χ2v) is 8.77. The first kappa shape index (κ1) is 25.2. The normalized spacial score (nSPS) is 14.6. The van der Waals surface area contributed by atoms with E-state index in [2.05, 4.69) is 27.9 Å². The van der Waals surface area contributed by atoms with E-state index in [1.807, 2.05) is 0 Å². The van der Waals surface area contributed by atoms with Gasteiger partial charge in [0.2, 0.25) is 0 Å². The Morgan fingerprint density at radius 3 is 2.31 bits per heavy atom. The van der Waals surface area contributed by atoms with Crippen molar-refractivity contribution in [3.63, 3.8) is 0 Å². The van der Waals surface area contributed by atoms with E-state index in [0.29, 0.717) is 26.4 Å². The molecule has 4 rings (SSSR count). The molecular weight excluding hydrogens is 582 g/mol. The van der Waals surface area contributed by atoms with Gasteiger partial charge in [0, 0.05) is 0 Å². The fourth-order valence-electron chi connectivity index (χ4n) is 3.49.